The van der Waals surface area contributed by atoms with Gasteiger partial charge in [-0.05, 0) is 30.7 Å². The smallest absolute Gasteiger partial charge is 0.333 e. The summed E-state index contributed by atoms with van der Waals surface area (Å²) in [6.45, 7) is 1.56. The van der Waals surface area contributed by atoms with Crippen LogP contribution in [-0.4, -0.2) is 11.1 Å². The third-order valence-corrected chi connectivity index (χ3v) is 3.50. The van der Waals surface area contributed by atoms with Crippen LogP contribution in [0.3, 0.4) is 0 Å². The van der Waals surface area contributed by atoms with Gasteiger partial charge in [0.2, 0.25) is 0 Å². The van der Waals surface area contributed by atoms with Crippen molar-refractivity contribution in [2.45, 2.75) is 12.5 Å². The Balaban J connectivity index is 2.48. The summed E-state index contributed by atoms with van der Waals surface area (Å²) in [5.74, 6) is -1.03. The molecule has 0 saturated carbocycles. The number of carboxylic acid groups (broad SMARTS) is 1. The van der Waals surface area contributed by atoms with Crippen LogP contribution < -0.4 is 5.32 Å². The van der Waals surface area contributed by atoms with Gasteiger partial charge in [-0.2, -0.15) is 5.26 Å². The van der Waals surface area contributed by atoms with E-state index in [2.05, 4.69) is 5.32 Å². The molecule has 2 N–H and O–H groups in total. The fraction of sp³-hybridized carbons (Fsp3) is 0.125. The molecule has 1 unspecified atom stereocenters. The van der Waals surface area contributed by atoms with Crippen LogP contribution >= 0.6 is 11.6 Å². The Bertz CT molecular complexity index is 710. The molecule has 1 atom stereocenters. The number of aliphatic carboxylic acids is 1. The highest BCUT2D eigenvalue weighted by atomic mass is 35.5. The van der Waals surface area contributed by atoms with E-state index in [1.807, 2.05) is 12.1 Å². The summed E-state index contributed by atoms with van der Waals surface area (Å²) >= 11 is 5.85. The highest BCUT2D eigenvalue weighted by Crippen LogP contribution is 2.29. The van der Waals surface area contributed by atoms with Gasteiger partial charge in [0, 0.05) is 5.02 Å². The molecule has 0 spiro atoms. The maximum Gasteiger partial charge on any atom is 0.333 e. The first-order valence-corrected chi connectivity index (χ1v) is 6.62. The number of nitrogens with zero attached hydrogens (tertiary/aromatic N) is 1. The van der Waals surface area contributed by atoms with E-state index >= 15 is 0 Å². The lowest BCUT2D eigenvalue weighted by molar-refractivity contribution is -0.142. The van der Waals surface area contributed by atoms with Crippen molar-refractivity contribution in [3.05, 3.63) is 64.7 Å². The van der Waals surface area contributed by atoms with Gasteiger partial charge in [0.15, 0.2) is 5.54 Å². The molecule has 0 heterocycles. The third kappa shape index (κ3) is 2.99. The first-order valence-electron chi connectivity index (χ1n) is 6.24. The number of anilines is 1. The highest BCUT2D eigenvalue weighted by Gasteiger charge is 2.35. The summed E-state index contributed by atoms with van der Waals surface area (Å²) in [6, 6.07) is 15.5. The Hall–Kier alpha value is -2.51. The molecule has 0 saturated heterocycles. The van der Waals surface area contributed by atoms with E-state index in [4.69, 9.17) is 16.9 Å². The Kier molecular flexibility index (Phi) is 4.15. The first-order chi connectivity index (χ1) is 9.97. The maximum atomic E-state index is 11.7. The summed E-state index contributed by atoms with van der Waals surface area (Å²) in [5, 5.41) is 22.1. The summed E-state index contributed by atoms with van der Waals surface area (Å²) in [6.07, 6.45) is 0. The molecule has 2 rings (SSSR count). The fourth-order valence-corrected chi connectivity index (χ4v) is 2.18. The molecule has 0 bridgehead atoms. The summed E-state index contributed by atoms with van der Waals surface area (Å²) < 4.78 is 0. The zero-order chi connectivity index (χ0) is 15.5. The minimum Gasteiger partial charge on any atom is -0.479 e. The number of nitriles is 1. The average molecular weight is 301 g/mol. The molecule has 2 aromatic carbocycles. The second-order valence-corrected chi connectivity index (χ2v) is 5.16. The Morgan fingerprint density at radius 2 is 1.95 bits per heavy atom. The van der Waals surface area contributed by atoms with Crippen LogP contribution in [0.25, 0.3) is 0 Å². The topological polar surface area (TPSA) is 73.1 Å². The number of carboxylic acids is 1. The number of benzene rings is 2. The Morgan fingerprint density at radius 3 is 2.52 bits per heavy atom. The standard InChI is InChI=1S/C16H13ClN2O2/c1-16(15(20)21,12-5-3-2-4-6-12)19-14-8-7-13(17)9-11(14)10-18/h2-9,19H,1H3,(H,20,21). The van der Waals surface area contributed by atoms with Crippen molar-refractivity contribution < 1.29 is 9.90 Å². The van der Waals surface area contributed by atoms with Gasteiger partial charge in [-0.3, -0.25) is 0 Å². The van der Waals surface area contributed by atoms with Crippen molar-refractivity contribution in [2.75, 3.05) is 5.32 Å². The highest BCUT2D eigenvalue weighted by molar-refractivity contribution is 6.30. The quantitative estimate of drug-likeness (QED) is 0.904. The van der Waals surface area contributed by atoms with Gasteiger partial charge in [0.05, 0.1) is 11.3 Å². The van der Waals surface area contributed by atoms with Crippen LogP contribution in [0.4, 0.5) is 5.69 Å². The minimum absolute atomic E-state index is 0.297. The molecule has 5 heteroatoms. The molecule has 2 aromatic rings. The zero-order valence-electron chi connectivity index (χ0n) is 11.3. The van der Waals surface area contributed by atoms with E-state index in [1.165, 1.54) is 6.07 Å². The lowest BCUT2D eigenvalue weighted by atomic mass is 9.91. The lowest BCUT2D eigenvalue weighted by Gasteiger charge is -2.28. The molecular weight excluding hydrogens is 288 g/mol. The van der Waals surface area contributed by atoms with Gasteiger partial charge in [0.1, 0.15) is 6.07 Å². The van der Waals surface area contributed by atoms with Gasteiger partial charge < -0.3 is 10.4 Å². The van der Waals surface area contributed by atoms with E-state index in [9.17, 15) is 9.90 Å². The number of hydrogen-bond donors (Lipinski definition) is 2. The number of carbonyl (C=O) groups is 1. The van der Waals surface area contributed by atoms with Crippen molar-refractivity contribution in [1.82, 2.24) is 0 Å². The molecule has 0 aliphatic carbocycles. The average Bonchev–Trinajstić information content (AvgIpc) is 2.49. The molecule has 0 radical (unpaired) electrons. The minimum atomic E-state index is -1.35. The van der Waals surface area contributed by atoms with Crippen molar-refractivity contribution in [3.63, 3.8) is 0 Å². The second kappa shape index (κ2) is 5.86. The van der Waals surface area contributed by atoms with Crippen LogP contribution in [0.5, 0.6) is 0 Å². The predicted octanol–water partition coefficient (Wildman–Crippen LogP) is 3.62. The normalized spacial score (nSPS) is 13.0. The maximum absolute atomic E-state index is 11.7. The van der Waals surface area contributed by atoms with Gasteiger partial charge >= 0.3 is 5.97 Å². The fourth-order valence-electron chi connectivity index (χ4n) is 2.01. The largest absolute Gasteiger partial charge is 0.479 e. The SMILES string of the molecule is CC(Nc1ccc(Cl)cc1C#N)(C(=O)O)c1ccccc1. The summed E-state index contributed by atoms with van der Waals surface area (Å²) in [7, 11) is 0. The second-order valence-electron chi connectivity index (χ2n) is 4.72. The lowest BCUT2D eigenvalue weighted by Crippen LogP contribution is -2.40. The summed E-state index contributed by atoms with van der Waals surface area (Å²) in [4.78, 5) is 11.7. The molecule has 106 valence electrons. The molecule has 21 heavy (non-hydrogen) atoms. The number of hydrogen-bond acceptors (Lipinski definition) is 3. The van der Waals surface area contributed by atoms with Gasteiger partial charge in [-0.15, -0.1) is 0 Å². The van der Waals surface area contributed by atoms with Crippen LogP contribution in [0, 0.1) is 11.3 Å². The van der Waals surface area contributed by atoms with Gasteiger partial charge in [-0.1, -0.05) is 41.9 Å². The molecule has 0 amide bonds. The van der Waals surface area contributed by atoms with E-state index < -0.39 is 11.5 Å². The Labute approximate surface area is 127 Å². The van der Waals surface area contributed by atoms with Gasteiger partial charge in [0.25, 0.3) is 0 Å². The first kappa shape index (κ1) is 14.9. The number of nitrogens with one attached hydrogen (secondary N) is 1. The van der Waals surface area contributed by atoms with Crippen molar-refractivity contribution in [1.29, 1.82) is 5.26 Å². The Morgan fingerprint density at radius 1 is 1.29 bits per heavy atom. The molecule has 0 aliphatic heterocycles. The predicted molar refractivity (Wildman–Crippen MR) is 81.2 cm³/mol. The summed E-state index contributed by atoms with van der Waals surface area (Å²) in [5.41, 5.74) is -0.0290. The van der Waals surface area contributed by atoms with E-state index in [0.29, 0.717) is 21.8 Å². The monoisotopic (exact) mass is 300 g/mol. The van der Waals surface area contributed by atoms with Crippen LogP contribution in [0.2, 0.25) is 5.02 Å². The van der Waals surface area contributed by atoms with Crippen molar-refractivity contribution in [2.24, 2.45) is 0 Å². The van der Waals surface area contributed by atoms with Crippen molar-refractivity contribution in [3.8, 4) is 6.07 Å². The van der Waals surface area contributed by atoms with E-state index in [1.54, 1.807) is 43.3 Å². The zero-order valence-corrected chi connectivity index (χ0v) is 12.1. The number of rotatable bonds is 4. The molecule has 0 aromatic heterocycles. The molecule has 0 aliphatic rings. The molecule has 0 fully saturated rings. The third-order valence-electron chi connectivity index (χ3n) is 3.27. The van der Waals surface area contributed by atoms with Gasteiger partial charge in [-0.25, -0.2) is 4.79 Å². The van der Waals surface area contributed by atoms with Crippen LogP contribution in [-0.2, 0) is 10.3 Å². The molecule has 4 nitrogen and oxygen atoms in total. The number of halogens is 1. The van der Waals surface area contributed by atoms with E-state index in [-0.39, 0.29) is 0 Å². The van der Waals surface area contributed by atoms with E-state index in [0.717, 1.165) is 0 Å². The van der Waals surface area contributed by atoms with Crippen LogP contribution in [0.15, 0.2) is 48.5 Å². The molecular formula is C16H13ClN2O2. The van der Waals surface area contributed by atoms with Crippen molar-refractivity contribution >= 4 is 23.3 Å². The van der Waals surface area contributed by atoms with Crippen LogP contribution in [0.1, 0.15) is 18.1 Å².